The monoisotopic (exact) mass is 564 g/mol. The molecule has 1 N–H and O–H groups in total. The highest BCUT2D eigenvalue weighted by molar-refractivity contribution is 9.10. The Bertz CT molecular complexity index is 1210. The van der Waals surface area contributed by atoms with Crippen molar-refractivity contribution in [2.75, 3.05) is 22.6 Å². The van der Waals surface area contributed by atoms with Crippen LogP contribution in [-0.2, 0) is 9.59 Å². The summed E-state index contributed by atoms with van der Waals surface area (Å²) < 4.78 is 6.39. The van der Waals surface area contributed by atoms with Crippen LogP contribution >= 0.6 is 50.9 Å². The third-order valence-corrected chi connectivity index (χ3v) is 7.52. The van der Waals surface area contributed by atoms with Gasteiger partial charge in [-0.25, -0.2) is 0 Å². The lowest BCUT2D eigenvalue weighted by Gasteiger charge is -2.25. The van der Waals surface area contributed by atoms with Gasteiger partial charge in [0.05, 0.1) is 10.2 Å². The first kappa shape index (κ1) is 24.0. The fraction of sp³-hybridized carbons (Fsp3) is 0.167. The standard InChI is InChI=1S/C24H19BrCl2N2O3S/c1-14-2-6-17(11-20(14)27)28-22(30)12-32-21-9-3-15(10-19(21)25)24-29(23(31)13-33-24)18-7-4-16(26)5-8-18/h2-11,24H,12-13H2,1H3,(H,28,30)/t24-/m0/s1. The van der Waals surface area contributed by atoms with E-state index in [-0.39, 0.29) is 23.8 Å². The van der Waals surface area contributed by atoms with Crippen molar-refractivity contribution >= 4 is 74.1 Å². The summed E-state index contributed by atoms with van der Waals surface area (Å²) in [6, 6.07) is 18.1. The van der Waals surface area contributed by atoms with E-state index in [1.807, 2.05) is 37.3 Å². The van der Waals surface area contributed by atoms with Crippen LogP contribution < -0.4 is 15.0 Å². The van der Waals surface area contributed by atoms with Crippen molar-refractivity contribution in [1.82, 2.24) is 0 Å². The number of benzene rings is 3. The van der Waals surface area contributed by atoms with E-state index in [4.69, 9.17) is 27.9 Å². The highest BCUT2D eigenvalue weighted by Gasteiger charge is 2.34. The molecule has 2 amide bonds. The van der Waals surface area contributed by atoms with Gasteiger partial charge < -0.3 is 10.1 Å². The molecule has 1 fully saturated rings. The van der Waals surface area contributed by atoms with Crippen LogP contribution in [-0.4, -0.2) is 24.2 Å². The van der Waals surface area contributed by atoms with Crippen LogP contribution in [0.2, 0.25) is 10.0 Å². The summed E-state index contributed by atoms with van der Waals surface area (Å²) in [5, 5.41) is 3.80. The molecule has 0 aliphatic carbocycles. The van der Waals surface area contributed by atoms with Crippen LogP contribution in [0.25, 0.3) is 0 Å². The molecule has 1 atom stereocenters. The maximum absolute atomic E-state index is 12.5. The molecule has 33 heavy (non-hydrogen) atoms. The maximum atomic E-state index is 12.5. The molecule has 3 aromatic carbocycles. The van der Waals surface area contributed by atoms with Gasteiger partial charge in [0, 0.05) is 21.4 Å². The van der Waals surface area contributed by atoms with Crippen LogP contribution in [0.4, 0.5) is 11.4 Å². The minimum absolute atomic E-state index is 0.0386. The van der Waals surface area contributed by atoms with Gasteiger partial charge in [-0.15, -0.1) is 11.8 Å². The number of hydrogen-bond acceptors (Lipinski definition) is 4. The number of ether oxygens (including phenoxy) is 1. The number of halogens is 3. The predicted octanol–water partition coefficient (Wildman–Crippen LogP) is 6.86. The van der Waals surface area contributed by atoms with Crippen molar-refractivity contribution in [3.05, 3.63) is 86.3 Å². The largest absolute Gasteiger partial charge is 0.483 e. The third-order valence-electron chi connectivity index (χ3n) is 5.03. The summed E-state index contributed by atoms with van der Waals surface area (Å²) in [7, 11) is 0. The van der Waals surface area contributed by atoms with Gasteiger partial charge in [0.1, 0.15) is 11.1 Å². The molecule has 0 bridgehead atoms. The fourth-order valence-electron chi connectivity index (χ4n) is 3.35. The van der Waals surface area contributed by atoms with Gasteiger partial charge in [-0.1, -0.05) is 35.3 Å². The Hall–Kier alpha value is -2.19. The number of carbonyl (C=O) groups is 2. The zero-order valence-corrected chi connectivity index (χ0v) is 21.4. The Morgan fingerprint density at radius 3 is 2.61 bits per heavy atom. The predicted molar refractivity (Wildman–Crippen MR) is 139 cm³/mol. The molecule has 9 heteroatoms. The number of amides is 2. The number of carbonyl (C=O) groups excluding carboxylic acids is 2. The summed E-state index contributed by atoms with van der Waals surface area (Å²) in [5.74, 6) is 0.670. The van der Waals surface area contributed by atoms with Crippen molar-refractivity contribution in [1.29, 1.82) is 0 Å². The molecule has 4 rings (SSSR count). The number of hydrogen-bond donors (Lipinski definition) is 1. The Labute approximate surface area is 214 Å². The van der Waals surface area contributed by atoms with E-state index in [1.165, 1.54) is 0 Å². The lowest BCUT2D eigenvalue weighted by Crippen LogP contribution is -2.27. The van der Waals surface area contributed by atoms with Crippen LogP contribution in [0.1, 0.15) is 16.5 Å². The molecule has 0 unspecified atom stereocenters. The number of rotatable bonds is 6. The molecule has 1 saturated heterocycles. The minimum atomic E-state index is -0.295. The summed E-state index contributed by atoms with van der Waals surface area (Å²) in [6.07, 6.45) is 0. The van der Waals surface area contributed by atoms with E-state index in [1.54, 1.807) is 47.0 Å². The Balaban J connectivity index is 1.43. The molecule has 1 aliphatic rings. The average Bonchev–Trinajstić information content (AvgIpc) is 3.17. The average molecular weight is 566 g/mol. The molecule has 0 radical (unpaired) electrons. The van der Waals surface area contributed by atoms with Crippen molar-refractivity contribution in [2.45, 2.75) is 12.3 Å². The van der Waals surface area contributed by atoms with Gasteiger partial charge in [0.25, 0.3) is 5.91 Å². The van der Waals surface area contributed by atoms with E-state index in [0.29, 0.717) is 31.7 Å². The smallest absolute Gasteiger partial charge is 0.262 e. The molecule has 3 aromatic rings. The summed E-state index contributed by atoms with van der Waals surface area (Å²) in [6.45, 7) is 1.74. The van der Waals surface area contributed by atoms with E-state index in [0.717, 1.165) is 16.8 Å². The van der Waals surface area contributed by atoms with Gasteiger partial charge in [-0.2, -0.15) is 0 Å². The SMILES string of the molecule is Cc1ccc(NC(=O)COc2ccc([C@@H]3SCC(=O)N3c3ccc(Cl)cc3)cc2Br)cc1Cl. The van der Waals surface area contributed by atoms with Gasteiger partial charge >= 0.3 is 0 Å². The van der Waals surface area contributed by atoms with E-state index < -0.39 is 0 Å². The van der Waals surface area contributed by atoms with Crippen molar-refractivity contribution in [3.8, 4) is 5.75 Å². The van der Waals surface area contributed by atoms with Crippen LogP contribution in [0.3, 0.4) is 0 Å². The van der Waals surface area contributed by atoms with E-state index in [2.05, 4.69) is 21.2 Å². The second-order valence-electron chi connectivity index (χ2n) is 7.39. The summed E-state index contributed by atoms with van der Waals surface area (Å²) in [5.41, 5.74) is 3.29. The Kier molecular flexibility index (Phi) is 7.54. The number of thioether (sulfide) groups is 1. The molecule has 170 valence electrons. The molecular weight excluding hydrogens is 547 g/mol. The number of nitrogens with zero attached hydrogens (tertiary/aromatic N) is 1. The first-order valence-electron chi connectivity index (χ1n) is 9.99. The highest BCUT2D eigenvalue weighted by Crippen LogP contribution is 2.43. The quantitative estimate of drug-likeness (QED) is 0.354. The van der Waals surface area contributed by atoms with E-state index >= 15 is 0 Å². The summed E-state index contributed by atoms with van der Waals surface area (Å²) >= 11 is 17.2. The topological polar surface area (TPSA) is 58.6 Å². The van der Waals surface area contributed by atoms with Crippen molar-refractivity contribution < 1.29 is 14.3 Å². The van der Waals surface area contributed by atoms with E-state index in [9.17, 15) is 9.59 Å². The molecule has 1 aliphatic heterocycles. The molecular formula is C24H19BrCl2N2O3S. The first-order valence-corrected chi connectivity index (χ1v) is 12.6. The molecule has 0 aromatic heterocycles. The lowest BCUT2D eigenvalue weighted by atomic mass is 10.1. The Morgan fingerprint density at radius 1 is 1.15 bits per heavy atom. The molecule has 5 nitrogen and oxygen atoms in total. The Morgan fingerprint density at radius 2 is 1.91 bits per heavy atom. The lowest BCUT2D eigenvalue weighted by molar-refractivity contribution is -0.118. The van der Waals surface area contributed by atoms with Crippen molar-refractivity contribution in [3.63, 3.8) is 0 Å². The van der Waals surface area contributed by atoms with Crippen LogP contribution in [0.15, 0.2) is 65.1 Å². The number of nitrogens with one attached hydrogen (secondary N) is 1. The first-order chi connectivity index (χ1) is 15.8. The fourth-order valence-corrected chi connectivity index (χ4v) is 5.33. The third kappa shape index (κ3) is 5.66. The zero-order chi connectivity index (χ0) is 23.5. The molecule has 0 spiro atoms. The normalized spacial score (nSPS) is 15.6. The molecule has 0 saturated carbocycles. The highest BCUT2D eigenvalue weighted by atomic mass is 79.9. The zero-order valence-electron chi connectivity index (χ0n) is 17.5. The maximum Gasteiger partial charge on any atom is 0.262 e. The van der Waals surface area contributed by atoms with Gasteiger partial charge in [-0.05, 0) is 82.5 Å². The number of anilines is 2. The number of aryl methyl sites for hydroxylation is 1. The van der Waals surface area contributed by atoms with Crippen LogP contribution in [0.5, 0.6) is 5.75 Å². The van der Waals surface area contributed by atoms with Gasteiger partial charge in [0.15, 0.2) is 6.61 Å². The van der Waals surface area contributed by atoms with Crippen molar-refractivity contribution in [2.24, 2.45) is 0 Å². The van der Waals surface area contributed by atoms with Gasteiger partial charge in [-0.3, -0.25) is 14.5 Å². The second-order valence-corrected chi connectivity index (χ2v) is 10.2. The van der Waals surface area contributed by atoms with Crippen LogP contribution in [0, 0.1) is 6.92 Å². The van der Waals surface area contributed by atoms with Gasteiger partial charge in [0.2, 0.25) is 5.91 Å². The minimum Gasteiger partial charge on any atom is -0.483 e. The summed E-state index contributed by atoms with van der Waals surface area (Å²) in [4.78, 5) is 26.6. The molecule has 1 heterocycles. The second kappa shape index (κ2) is 10.4.